The standard InChI is InChI=1S/C20H15ClFN3O4S.C20H18FN5O4S.C7H6Cl2N2O2.C7H4Cl2N2O.C7H5Cl2NO2.C6H5Cl2NO.C5H2Cl3N.C2Cl3N.C2H6O.CH4O.ClH.H4N2.H3NO/c1-28-14-7-8-16(22)19(9-14)30(26,27)25-13-5-3-12(4-6-13)17-10-18(29-2)15(11-23)20(21)24-17;1-29-13-7-8-14(21)17(9-13)31(27,28)26-12-5-3-11(4-6-12)15-10-16(30-2)18-19(22)24-25-20(18)23-15;1-13-5-2-6(8)11-7(9)4(5)3-10-12;1-12-5-2-6(8)11-7(9)4(5)3-10;1-12-5-2-6(8)10-7(9)4(5)3-11;1-10-4-2-5(7)9-6(8)3-4;6-3-1-4(7)9-5(8)2-3;3-2(4,5)1-6;1-2-3;1-2;;2*1-2/h3-10,25H,1-2H3;3-10,26H,1-2H3,(H3,22,23,24,25);2-3,12H,1H3;2H,1H3;2-3H,1H3;2-3H,1H3;1-2H;;3H,2H2,1H3;2H,1H3;1H;1-2H2;2H,1H2/b;;10-3+;;;;;;;;;;. The zero-order valence-electron chi connectivity index (χ0n) is 69.6. The van der Waals surface area contributed by atoms with E-state index in [0.717, 1.165) is 37.6 Å². The molecular weight excluding hydrogens is 2130 g/mol. The van der Waals surface area contributed by atoms with E-state index in [1.807, 2.05) is 12.1 Å². The molecule has 12 aromatic rings. The van der Waals surface area contributed by atoms with Crippen LogP contribution in [0, 0.1) is 45.6 Å². The van der Waals surface area contributed by atoms with Crippen LogP contribution < -0.4 is 70.7 Å². The monoisotopic (exact) mass is 2200 g/mol. The number of H-pyrrole nitrogens is 1. The van der Waals surface area contributed by atoms with Gasteiger partial charge in [0, 0.05) is 95.8 Å². The summed E-state index contributed by atoms with van der Waals surface area (Å²) < 4.78 is 121. The summed E-state index contributed by atoms with van der Waals surface area (Å²) in [5.74, 6) is 13.0. The van der Waals surface area contributed by atoms with Crippen molar-refractivity contribution in [3.05, 3.63) is 235 Å². The molecule has 0 aliphatic carbocycles. The topological polar surface area (TPSA) is 571 Å². The normalized spacial score (nSPS) is 9.97. The van der Waals surface area contributed by atoms with E-state index in [9.17, 15) is 30.4 Å². The maximum absolute atomic E-state index is 14.1. The number of nitrogens with one attached hydrogen (secondary N) is 3. The Morgan fingerprint density at radius 2 is 0.812 bits per heavy atom. The van der Waals surface area contributed by atoms with Crippen LogP contribution in [0.4, 0.5) is 26.0 Å². The minimum atomic E-state index is -4.18. The first kappa shape index (κ1) is 123. The molecule has 8 aromatic heterocycles. The maximum atomic E-state index is 14.1. The number of oxime groups is 1. The number of halogens is 18. The van der Waals surface area contributed by atoms with Gasteiger partial charge in [-0.15, -0.1) is 12.4 Å². The molecule has 0 atom stereocenters. The maximum Gasteiger partial charge on any atom is 0.277 e. The molecule has 36 nitrogen and oxygen atoms in total. The molecule has 133 heavy (non-hydrogen) atoms. The number of carbonyl (C=O) groups is 1. The Morgan fingerprint density at radius 3 is 1.17 bits per heavy atom. The fourth-order valence-corrected chi connectivity index (χ4v) is 14.1. The predicted molar refractivity (Wildman–Crippen MR) is 514 cm³/mol. The predicted octanol–water partition coefficient (Wildman–Crippen LogP) is 19.6. The number of pyridine rings is 7. The third-order valence-electron chi connectivity index (χ3n) is 14.4. The molecule has 15 N–H and O–H groups in total. The number of aldehydes is 1. The summed E-state index contributed by atoms with van der Waals surface area (Å²) in [4.78, 5) is 36.6. The highest BCUT2D eigenvalue weighted by Gasteiger charge is 2.24. The van der Waals surface area contributed by atoms with Crippen molar-refractivity contribution in [1.82, 2.24) is 45.1 Å². The SMILES string of the molecule is CCO.CO.COc1cc(Cl)nc(Cl)c1.COc1cc(Cl)nc(Cl)c1/C=N/O.COc1cc(Cl)nc(Cl)c1C#N.COc1cc(Cl)nc(Cl)c1C=O.COc1ccc(F)c(S(=O)(=O)Nc2ccc(-c3cc(OC)c(C#N)c(Cl)n3)cc2)c1.COc1ccc(F)c(S(=O)(=O)Nc2ccc(-c3cc(OC)c4c(N)[nH]nc4n3)cc2)c1.Cl.Clc1cc(Cl)nc(Cl)c1.N#CC(Cl)(Cl)Cl.NN.NO. The summed E-state index contributed by atoms with van der Waals surface area (Å²) in [5, 5.41) is 67.7. The van der Waals surface area contributed by atoms with E-state index in [1.54, 1.807) is 74.7 Å². The fourth-order valence-electron chi connectivity index (χ4n) is 8.98. The van der Waals surface area contributed by atoms with Gasteiger partial charge in [-0.3, -0.25) is 31.0 Å². The number of aromatic amines is 1. The lowest BCUT2D eigenvalue weighted by atomic mass is 10.1. The second-order valence-corrected chi connectivity index (χ2v) is 32.7. The van der Waals surface area contributed by atoms with Gasteiger partial charge < -0.3 is 64.3 Å². The van der Waals surface area contributed by atoms with Crippen LogP contribution in [0.3, 0.4) is 0 Å². The number of benzene rings is 4. The molecule has 0 saturated carbocycles. The van der Waals surface area contributed by atoms with Crippen molar-refractivity contribution >= 4 is 247 Å². The van der Waals surface area contributed by atoms with Crippen molar-refractivity contribution < 1.29 is 88.9 Å². The quantitative estimate of drug-likeness (QED) is 0.00723. The van der Waals surface area contributed by atoms with E-state index in [0.29, 0.717) is 106 Å². The van der Waals surface area contributed by atoms with Gasteiger partial charge in [-0.05, 0) is 67.6 Å². The number of nitrogen functional groups attached to an aromatic ring is 1. The lowest BCUT2D eigenvalue weighted by Gasteiger charge is -2.11. The summed E-state index contributed by atoms with van der Waals surface area (Å²) in [6, 6.07) is 38.6. The lowest BCUT2D eigenvalue weighted by Crippen LogP contribution is -2.14. The molecule has 4 aromatic carbocycles. The van der Waals surface area contributed by atoms with Gasteiger partial charge in [-0.25, -0.2) is 66.4 Å². The van der Waals surface area contributed by atoms with Crippen LogP contribution >= 0.6 is 186 Å². The van der Waals surface area contributed by atoms with Gasteiger partial charge >= 0.3 is 0 Å². The van der Waals surface area contributed by atoms with E-state index in [1.165, 1.54) is 110 Å². The number of methoxy groups -OCH3 is 8. The van der Waals surface area contributed by atoms with Gasteiger partial charge in [0.2, 0.25) is 0 Å². The van der Waals surface area contributed by atoms with Crippen LogP contribution in [0.25, 0.3) is 33.5 Å². The number of nitriles is 3. The zero-order valence-corrected chi connectivity index (χ0v) is 83.4. The summed E-state index contributed by atoms with van der Waals surface area (Å²) in [7, 11) is 4.17. The Kier molecular flexibility index (Phi) is 58.5. The number of nitrogens with zero attached hydrogens (tertiary/aromatic N) is 12. The first-order chi connectivity index (χ1) is 62.5. The molecule has 0 radical (unpaired) electrons. The largest absolute Gasteiger partial charge is 0.497 e. The number of nitrogens with two attached hydrogens (primary N) is 4. The molecule has 56 heteroatoms. The molecule has 0 saturated heterocycles. The van der Waals surface area contributed by atoms with Crippen molar-refractivity contribution in [3.8, 4) is 86.7 Å². The number of hydrogen-bond acceptors (Lipinski definition) is 33. The summed E-state index contributed by atoms with van der Waals surface area (Å²) >= 11 is 82.0. The molecule has 12 rings (SSSR count). The Bertz CT molecular complexity index is 6100. The van der Waals surface area contributed by atoms with Crippen molar-refractivity contribution in [2.45, 2.75) is 20.5 Å². The number of hydrazine groups is 1. The van der Waals surface area contributed by atoms with E-state index in [4.69, 9.17) is 254 Å². The summed E-state index contributed by atoms with van der Waals surface area (Å²) in [6.45, 7) is 1.93. The zero-order chi connectivity index (χ0) is 101. The average molecular weight is 2210 g/mol. The highest BCUT2D eigenvalue weighted by Crippen LogP contribution is 2.37. The number of aliphatic hydroxyl groups excluding tert-OH is 2. The molecule has 0 unspecified atom stereocenters. The fraction of sp³-hybridized carbons (Fsp3) is 0.156. The molecule has 0 bridgehead atoms. The number of aromatic nitrogens is 9. The number of hydrogen-bond donors (Lipinski definition) is 11. The molecule has 8 heterocycles. The number of alkyl halides is 3. The van der Waals surface area contributed by atoms with Crippen molar-refractivity contribution in [3.63, 3.8) is 0 Å². The molecular formula is C77H73Cl16F2N19O17S2. The summed E-state index contributed by atoms with van der Waals surface area (Å²) in [6.07, 6.45) is 1.70. The molecule has 0 aliphatic rings. The highest BCUT2D eigenvalue weighted by molar-refractivity contribution is 7.93. The molecule has 0 amide bonds. The van der Waals surface area contributed by atoms with Crippen molar-refractivity contribution in [2.75, 3.05) is 85.8 Å². The number of sulfonamides is 2. The second-order valence-electron chi connectivity index (χ2n) is 22.5. The number of carbonyl (C=O) groups excluding carboxylic acids is 1. The first-order valence-electron chi connectivity index (χ1n) is 34.5. The van der Waals surface area contributed by atoms with Gasteiger partial charge in [0.25, 0.3) is 23.8 Å². The van der Waals surface area contributed by atoms with Crippen molar-refractivity contribution in [2.24, 2.45) is 22.7 Å². The van der Waals surface area contributed by atoms with Crippen LogP contribution in [0.5, 0.6) is 46.0 Å². The molecule has 0 fully saturated rings. The number of anilines is 3. The number of aliphatic hydroxyl groups is 2. The van der Waals surface area contributed by atoms with E-state index in [2.05, 4.69) is 77.3 Å². The summed E-state index contributed by atoms with van der Waals surface area (Å²) in [5.41, 5.74) is 9.93. The van der Waals surface area contributed by atoms with E-state index in [-0.39, 0.29) is 100 Å². The van der Waals surface area contributed by atoms with Crippen LogP contribution in [-0.2, 0) is 20.0 Å². The minimum absolute atomic E-state index is 0. The Balaban J connectivity index is 0.00000156. The van der Waals surface area contributed by atoms with Gasteiger partial charge in [0.15, 0.2) is 22.2 Å². The van der Waals surface area contributed by atoms with Gasteiger partial charge in [0.05, 0.1) is 85.6 Å². The molecule has 0 spiro atoms. The lowest BCUT2D eigenvalue weighted by molar-refractivity contribution is 0.112. The van der Waals surface area contributed by atoms with Gasteiger partial charge in [-0.1, -0.05) is 203 Å². The van der Waals surface area contributed by atoms with Crippen LogP contribution in [0.15, 0.2) is 154 Å². The minimum Gasteiger partial charge on any atom is -0.497 e. The van der Waals surface area contributed by atoms with Gasteiger partial charge in [-0.2, -0.15) is 20.9 Å². The van der Waals surface area contributed by atoms with Crippen molar-refractivity contribution in [1.29, 1.82) is 15.8 Å². The van der Waals surface area contributed by atoms with E-state index >= 15 is 0 Å². The molecule has 716 valence electrons. The van der Waals surface area contributed by atoms with E-state index < -0.39 is 45.3 Å². The first-order valence-corrected chi connectivity index (χ1v) is 43.2. The number of ether oxygens (including phenoxy) is 8. The number of fused-ring (bicyclic) bond motifs is 1. The van der Waals surface area contributed by atoms with Crippen LogP contribution in [0.1, 0.15) is 34.0 Å². The third kappa shape index (κ3) is 41.0. The Hall–Kier alpha value is -10.0. The van der Waals surface area contributed by atoms with Crippen LogP contribution in [0.2, 0.25) is 61.7 Å². The van der Waals surface area contributed by atoms with Crippen LogP contribution in [-0.4, -0.2) is 169 Å². The third-order valence-corrected chi connectivity index (χ3v) is 20.2. The van der Waals surface area contributed by atoms with Gasteiger partial charge in [0.1, 0.15) is 154 Å². The number of rotatable bonds is 18. The smallest absolute Gasteiger partial charge is 0.277 e. The second kappa shape index (κ2) is 63.3. The highest BCUT2D eigenvalue weighted by atomic mass is 35.6. The Morgan fingerprint density at radius 1 is 0.481 bits per heavy atom. The molecule has 0 aliphatic heterocycles. The average Bonchev–Trinajstić information content (AvgIpc) is 1.68. The Labute approximate surface area is 840 Å².